The van der Waals surface area contributed by atoms with Crippen molar-refractivity contribution in [2.75, 3.05) is 0 Å². The van der Waals surface area contributed by atoms with E-state index in [9.17, 15) is 0 Å². The van der Waals surface area contributed by atoms with Gasteiger partial charge in [0, 0.05) is 24.0 Å². The van der Waals surface area contributed by atoms with Gasteiger partial charge in [-0.05, 0) is 81.3 Å². The van der Waals surface area contributed by atoms with E-state index in [1.54, 1.807) is 22.7 Å². The SMILES string of the molecule is CC(C)CCCC(C)CCC#Cc1sc2c(-c3ccsc3)c(C#CCCC(C)CCCC(C)C)sc2c1-c1ccsc1. The Kier molecular flexibility index (Phi) is 13.3. The van der Waals surface area contributed by atoms with Gasteiger partial charge >= 0.3 is 0 Å². The molecule has 0 bridgehead atoms. The van der Waals surface area contributed by atoms with Gasteiger partial charge in [-0.1, -0.05) is 104 Å². The van der Waals surface area contributed by atoms with Gasteiger partial charge in [-0.2, -0.15) is 22.7 Å². The van der Waals surface area contributed by atoms with Crippen molar-refractivity contribution < 1.29 is 0 Å². The van der Waals surface area contributed by atoms with Gasteiger partial charge in [0.1, 0.15) is 0 Å². The van der Waals surface area contributed by atoms with Crippen LogP contribution in [0.25, 0.3) is 31.7 Å². The number of fused-ring (bicyclic) bond motifs is 1. The Morgan fingerprint density at radius 1 is 0.571 bits per heavy atom. The molecule has 224 valence electrons. The molecule has 0 aromatic carbocycles. The van der Waals surface area contributed by atoms with Crippen LogP contribution in [-0.2, 0) is 0 Å². The van der Waals surface area contributed by atoms with Crippen molar-refractivity contribution in [3.05, 3.63) is 43.4 Å². The zero-order valence-electron chi connectivity index (χ0n) is 26.5. The molecule has 0 spiro atoms. The zero-order valence-corrected chi connectivity index (χ0v) is 29.7. The lowest BCUT2D eigenvalue weighted by molar-refractivity contribution is 0.440. The second-order valence-corrected chi connectivity index (χ2v) is 16.4. The predicted molar refractivity (Wildman–Crippen MR) is 194 cm³/mol. The summed E-state index contributed by atoms with van der Waals surface area (Å²) in [6.45, 7) is 14.1. The first-order valence-corrected chi connectivity index (χ1v) is 19.5. The van der Waals surface area contributed by atoms with Crippen LogP contribution in [0, 0.1) is 47.4 Å². The van der Waals surface area contributed by atoms with Crippen LogP contribution < -0.4 is 0 Å². The van der Waals surface area contributed by atoms with Crippen LogP contribution in [-0.4, -0.2) is 0 Å². The van der Waals surface area contributed by atoms with E-state index >= 15 is 0 Å². The van der Waals surface area contributed by atoms with Gasteiger partial charge in [-0.3, -0.25) is 0 Å². The van der Waals surface area contributed by atoms with Gasteiger partial charge in [-0.15, -0.1) is 22.7 Å². The minimum Gasteiger partial charge on any atom is -0.152 e. The molecular formula is C38H48S4. The Bertz CT molecular complexity index is 1360. The molecule has 0 nitrogen and oxygen atoms in total. The summed E-state index contributed by atoms with van der Waals surface area (Å²) in [6, 6.07) is 4.51. The van der Waals surface area contributed by atoms with Crippen LogP contribution in [0.5, 0.6) is 0 Å². The summed E-state index contributed by atoms with van der Waals surface area (Å²) in [5.41, 5.74) is 5.24. The lowest BCUT2D eigenvalue weighted by atomic mass is 9.96. The summed E-state index contributed by atoms with van der Waals surface area (Å²) >= 11 is 7.29. The Morgan fingerprint density at radius 2 is 1.00 bits per heavy atom. The molecule has 0 radical (unpaired) electrons. The first-order chi connectivity index (χ1) is 20.3. The number of thiophene rings is 4. The van der Waals surface area contributed by atoms with Crippen molar-refractivity contribution in [1.29, 1.82) is 0 Å². The molecule has 4 heteroatoms. The molecule has 0 saturated heterocycles. The van der Waals surface area contributed by atoms with Gasteiger partial charge in [0.25, 0.3) is 0 Å². The van der Waals surface area contributed by atoms with Crippen LogP contribution in [0.4, 0.5) is 0 Å². The summed E-state index contributed by atoms with van der Waals surface area (Å²) in [4.78, 5) is 2.43. The molecule has 42 heavy (non-hydrogen) atoms. The van der Waals surface area contributed by atoms with E-state index in [0.717, 1.165) is 36.5 Å². The van der Waals surface area contributed by atoms with Crippen molar-refractivity contribution in [2.24, 2.45) is 23.7 Å². The van der Waals surface area contributed by atoms with Crippen molar-refractivity contribution in [1.82, 2.24) is 0 Å². The normalized spacial score (nSPS) is 12.9. The Hall–Kier alpha value is -1.82. The summed E-state index contributed by atoms with van der Waals surface area (Å²) in [6.07, 6.45) is 12.3. The Balaban J connectivity index is 1.56. The molecule has 0 aliphatic carbocycles. The molecule has 0 aliphatic heterocycles. The average molecular weight is 633 g/mol. The smallest absolute Gasteiger partial charge is 0.0868 e. The van der Waals surface area contributed by atoms with E-state index in [2.05, 4.69) is 98.9 Å². The average Bonchev–Trinajstić information content (AvgIpc) is 3.74. The van der Waals surface area contributed by atoms with Gasteiger partial charge in [0.05, 0.1) is 19.2 Å². The molecular weight excluding hydrogens is 585 g/mol. The number of hydrogen-bond donors (Lipinski definition) is 0. The molecule has 2 unspecified atom stereocenters. The van der Waals surface area contributed by atoms with E-state index in [1.165, 1.54) is 92.8 Å². The van der Waals surface area contributed by atoms with E-state index in [1.807, 2.05) is 22.7 Å². The molecule has 2 atom stereocenters. The van der Waals surface area contributed by atoms with Crippen LogP contribution in [0.15, 0.2) is 33.7 Å². The first-order valence-electron chi connectivity index (χ1n) is 16.0. The van der Waals surface area contributed by atoms with Gasteiger partial charge in [-0.25, -0.2) is 0 Å². The highest BCUT2D eigenvalue weighted by Crippen LogP contribution is 2.49. The highest BCUT2D eigenvalue weighted by atomic mass is 32.1. The topological polar surface area (TPSA) is 0 Å². The van der Waals surface area contributed by atoms with E-state index in [0.29, 0.717) is 0 Å². The van der Waals surface area contributed by atoms with Crippen LogP contribution in [0.3, 0.4) is 0 Å². The molecule has 4 heterocycles. The van der Waals surface area contributed by atoms with E-state index in [4.69, 9.17) is 0 Å². The summed E-state index contributed by atoms with van der Waals surface area (Å²) in [5, 5.41) is 8.93. The maximum atomic E-state index is 3.63. The third-order valence-electron chi connectivity index (χ3n) is 8.03. The minimum atomic E-state index is 0.746. The van der Waals surface area contributed by atoms with Crippen molar-refractivity contribution >= 4 is 54.7 Å². The maximum absolute atomic E-state index is 3.63. The lowest BCUT2D eigenvalue weighted by Gasteiger charge is -2.10. The third kappa shape index (κ3) is 9.59. The largest absolute Gasteiger partial charge is 0.152 e. The molecule has 4 aromatic heterocycles. The fraction of sp³-hybridized carbons (Fsp3) is 0.526. The summed E-state index contributed by atoms with van der Waals surface area (Å²) in [7, 11) is 0. The monoisotopic (exact) mass is 632 g/mol. The highest BCUT2D eigenvalue weighted by molar-refractivity contribution is 7.30. The Labute approximate surface area is 272 Å². The van der Waals surface area contributed by atoms with Crippen molar-refractivity contribution in [3.63, 3.8) is 0 Å². The van der Waals surface area contributed by atoms with Crippen molar-refractivity contribution in [3.8, 4) is 45.9 Å². The first kappa shape index (κ1) is 33.1. The fourth-order valence-electron chi connectivity index (χ4n) is 5.41. The number of rotatable bonds is 14. The predicted octanol–water partition coefficient (Wildman–Crippen LogP) is 13.6. The standard InChI is InChI=1S/C38H48S4/c1-27(2)13-11-17-29(5)15-7-9-19-33-35(31-21-23-39-25-31)37-38(41-33)36(32-22-24-40-26-32)34(42-37)20-10-8-16-30(6)18-12-14-28(3)4/h21-30H,7-8,11-18H2,1-6H3. The van der Waals surface area contributed by atoms with Crippen LogP contribution in [0.2, 0.25) is 0 Å². The zero-order chi connectivity index (χ0) is 29.9. The second kappa shape index (κ2) is 16.9. The van der Waals surface area contributed by atoms with Gasteiger partial charge in [0.15, 0.2) is 0 Å². The second-order valence-electron chi connectivity index (χ2n) is 12.8. The molecule has 0 fully saturated rings. The third-order valence-corrected chi connectivity index (χ3v) is 11.8. The molecule has 0 aliphatic rings. The lowest BCUT2D eigenvalue weighted by Crippen LogP contribution is -1.96. The van der Waals surface area contributed by atoms with Gasteiger partial charge < -0.3 is 0 Å². The van der Waals surface area contributed by atoms with E-state index < -0.39 is 0 Å². The fourth-order valence-corrected chi connectivity index (χ4v) is 9.41. The molecule has 4 rings (SSSR count). The van der Waals surface area contributed by atoms with Crippen LogP contribution in [0.1, 0.15) is 116 Å². The summed E-state index contributed by atoms with van der Waals surface area (Å²) < 4.78 is 2.72. The quantitative estimate of drug-likeness (QED) is 0.121. The van der Waals surface area contributed by atoms with Crippen LogP contribution >= 0.6 is 45.3 Å². The summed E-state index contributed by atoms with van der Waals surface area (Å²) in [5.74, 6) is 17.5. The molecule has 0 N–H and O–H groups in total. The Morgan fingerprint density at radius 3 is 1.36 bits per heavy atom. The van der Waals surface area contributed by atoms with E-state index in [-0.39, 0.29) is 0 Å². The van der Waals surface area contributed by atoms with Crippen molar-refractivity contribution in [2.45, 2.75) is 106 Å². The molecule has 4 aromatic rings. The highest BCUT2D eigenvalue weighted by Gasteiger charge is 2.22. The molecule has 0 amide bonds. The number of hydrogen-bond acceptors (Lipinski definition) is 4. The minimum absolute atomic E-state index is 0.746. The van der Waals surface area contributed by atoms with Gasteiger partial charge in [0.2, 0.25) is 0 Å². The maximum Gasteiger partial charge on any atom is 0.0868 e. The molecule has 0 saturated carbocycles.